The fourth-order valence-corrected chi connectivity index (χ4v) is 1.23. The number of hydrogen-bond acceptors (Lipinski definition) is 2. The van der Waals surface area contributed by atoms with Crippen LogP contribution in [0.2, 0.25) is 0 Å². The van der Waals surface area contributed by atoms with E-state index in [0.29, 0.717) is 0 Å². The lowest BCUT2D eigenvalue weighted by Gasteiger charge is -2.05. The minimum atomic E-state index is 0.148. The molecular weight excluding hydrogens is 140 g/mol. The fourth-order valence-electron chi connectivity index (χ4n) is 1.23. The van der Waals surface area contributed by atoms with Crippen molar-refractivity contribution in [2.45, 2.75) is 19.4 Å². The first-order chi connectivity index (χ1) is 5.34. The largest absolute Gasteiger partial charge is 0.337 e. The van der Waals surface area contributed by atoms with E-state index >= 15 is 0 Å². The molecule has 58 valence electrons. The highest BCUT2D eigenvalue weighted by molar-refractivity contribution is 5.29. The fraction of sp³-hybridized carbons (Fsp3) is 0.333. The number of hydrogen-bond donors (Lipinski definition) is 0. The Kier molecular flexibility index (Phi) is 1.55. The summed E-state index contributed by atoms with van der Waals surface area (Å²) in [4.78, 5) is 10.1. The zero-order valence-electron chi connectivity index (χ0n) is 6.41. The molecule has 11 heavy (non-hydrogen) atoms. The van der Waals surface area contributed by atoms with Gasteiger partial charge in [-0.3, -0.25) is 0 Å². The third-order valence-electron chi connectivity index (χ3n) is 1.73. The average molecular weight is 150 g/mol. The number of fused-ring (bicyclic) bond motifs is 2. The Labute approximate surface area is 65.7 Å². The summed E-state index contributed by atoms with van der Waals surface area (Å²) in [6.07, 6.45) is 1.07. The van der Waals surface area contributed by atoms with E-state index in [1.165, 1.54) is 5.56 Å². The predicted molar refractivity (Wildman–Crippen MR) is 41.3 cm³/mol. The molecule has 0 aliphatic carbocycles. The molecule has 0 aromatic heterocycles. The van der Waals surface area contributed by atoms with Gasteiger partial charge in [-0.1, -0.05) is 12.1 Å². The lowest BCUT2D eigenvalue weighted by Crippen LogP contribution is -2.10. The summed E-state index contributed by atoms with van der Waals surface area (Å²) in [5.74, 6) is 0.798. The molecule has 0 amide bonds. The third kappa shape index (κ3) is 1.35. The standard InChI is InChI=1S/C9H10O2/c1-7-5-8-3-2-4-9(6-8)11-10-7/h2-4,6-7H,5H2,1H3. The molecule has 0 saturated carbocycles. The molecule has 2 nitrogen and oxygen atoms in total. The van der Waals surface area contributed by atoms with Crippen molar-refractivity contribution >= 4 is 0 Å². The molecule has 1 aromatic carbocycles. The van der Waals surface area contributed by atoms with Crippen LogP contribution in [0.3, 0.4) is 0 Å². The summed E-state index contributed by atoms with van der Waals surface area (Å²) < 4.78 is 0. The summed E-state index contributed by atoms with van der Waals surface area (Å²) in [5, 5.41) is 0. The molecule has 1 heterocycles. The van der Waals surface area contributed by atoms with Crippen molar-refractivity contribution in [1.29, 1.82) is 0 Å². The predicted octanol–water partition coefficient (Wildman–Crippen LogP) is 1.94. The maximum Gasteiger partial charge on any atom is 0.165 e. The Hall–Kier alpha value is -1.02. The summed E-state index contributed by atoms with van der Waals surface area (Å²) in [5.41, 5.74) is 1.27. The average Bonchev–Trinajstić information content (AvgIpc) is 2.12. The molecule has 1 unspecified atom stereocenters. The Morgan fingerprint density at radius 1 is 1.45 bits per heavy atom. The summed E-state index contributed by atoms with van der Waals surface area (Å²) in [7, 11) is 0. The topological polar surface area (TPSA) is 18.5 Å². The van der Waals surface area contributed by atoms with Gasteiger partial charge in [0, 0.05) is 6.42 Å². The van der Waals surface area contributed by atoms with E-state index < -0.39 is 0 Å². The van der Waals surface area contributed by atoms with Crippen LogP contribution in [-0.4, -0.2) is 6.10 Å². The van der Waals surface area contributed by atoms with E-state index in [4.69, 9.17) is 9.78 Å². The monoisotopic (exact) mass is 150 g/mol. The van der Waals surface area contributed by atoms with E-state index in [9.17, 15) is 0 Å². The molecule has 1 aliphatic rings. The highest BCUT2D eigenvalue weighted by Crippen LogP contribution is 2.19. The molecule has 0 saturated heterocycles. The van der Waals surface area contributed by atoms with Crippen LogP contribution in [0.4, 0.5) is 0 Å². The lowest BCUT2D eigenvalue weighted by atomic mass is 10.1. The van der Waals surface area contributed by atoms with Crippen molar-refractivity contribution in [3.8, 4) is 5.75 Å². The second kappa shape index (κ2) is 2.55. The maximum absolute atomic E-state index is 5.06. The smallest absolute Gasteiger partial charge is 0.165 e. The highest BCUT2D eigenvalue weighted by Gasteiger charge is 2.10. The van der Waals surface area contributed by atoms with Crippen LogP contribution in [0.5, 0.6) is 5.75 Å². The van der Waals surface area contributed by atoms with Gasteiger partial charge in [-0.2, -0.15) is 4.89 Å². The lowest BCUT2D eigenvalue weighted by molar-refractivity contribution is -0.236. The van der Waals surface area contributed by atoms with Gasteiger partial charge in [-0.15, -0.1) is 0 Å². The molecule has 1 aliphatic heterocycles. The zero-order valence-corrected chi connectivity index (χ0v) is 6.41. The van der Waals surface area contributed by atoms with Crippen LogP contribution in [0, 0.1) is 0 Å². The number of benzene rings is 1. The summed E-state index contributed by atoms with van der Waals surface area (Å²) in [6, 6.07) is 7.95. The van der Waals surface area contributed by atoms with E-state index in [2.05, 4.69) is 6.07 Å². The number of rotatable bonds is 0. The highest BCUT2D eigenvalue weighted by atomic mass is 17.2. The zero-order chi connectivity index (χ0) is 7.68. The molecule has 0 radical (unpaired) electrons. The summed E-state index contributed by atoms with van der Waals surface area (Å²) in [6.45, 7) is 2.00. The van der Waals surface area contributed by atoms with E-state index in [1.54, 1.807) is 0 Å². The van der Waals surface area contributed by atoms with Crippen molar-refractivity contribution in [2.75, 3.05) is 0 Å². The van der Waals surface area contributed by atoms with Crippen LogP contribution in [0.15, 0.2) is 24.3 Å². The van der Waals surface area contributed by atoms with Crippen molar-refractivity contribution < 1.29 is 9.78 Å². The molecule has 2 bridgehead atoms. The van der Waals surface area contributed by atoms with Gasteiger partial charge in [0.1, 0.15) is 6.10 Å². The Balaban J connectivity index is 2.34. The van der Waals surface area contributed by atoms with Gasteiger partial charge in [-0.25, -0.2) is 0 Å². The minimum absolute atomic E-state index is 0.148. The Bertz CT molecular complexity index is 257. The van der Waals surface area contributed by atoms with Gasteiger partial charge in [0.15, 0.2) is 5.75 Å². The van der Waals surface area contributed by atoms with Crippen molar-refractivity contribution in [3.05, 3.63) is 29.8 Å². The van der Waals surface area contributed by atoms with E-state index in [0.717, 1.165) is 12.2 Å². The van der Waals surface area contributed by atoms with Gasteiger partial charge in [0.2, 0.25) is 0 Å². The van der Waals surface area contributed by atoms with Crippen molar-refractivity contribution in [3.63, 3.8) is 0 Å². The molecule has 0 N–H and O–H groups in total. The third-order valence-corrected chi connectivity index (χ3v) is 1.73. The molecule has 0 spiro atoms. The van der Waals surface area contributed by atoms with E-state index in [-0.39, 0.29) is 6.10 Å². The summed E-state index contributed by atoms with van der Waals surface area (Å²) >= 11 is 0. The van der Waals surface area contributed by atoms with Crippen LogP contribution < -0.4 is 4.89 Å². The normalized spacial score (nSPS) is 22.1. The first-order valence-electron chi connectivity index (χ1n) is 3.77. The van der Waals surface area contributed by atoms with Crippen LogP contribution in [0.25, 0.3) is 0 Å². The Morgan fingerprint density at radius 3 is 3.27 bits per heavy atom. The SMILES string of the molecule is CC1Cc2cccc(c2)OO1. The van der Waals surface area contributed by atoms with Crippen LogP contribution >= 0.6 is 0 Å². The van der Waals surface area contributed by atoms with Gasteiger partial charge in [0.25, 0.3) is 0 Å². The second-order valence-electron chi connectivity index (χ2n) is 2.84. The first-order valence-corrected chi connectivity index (χ1v) is 3.77. The van der Waals surface area contributed by atoms with Gasteiger partial charge in [0.05, 0.1) is 0 Å². The van der Waals surface area contributed by atoms with Crippen molar-refractivity contribution in [1.82, 2.24) is 0 Å². The molecule has 1 aromatic rings. The second-order valence-corrected chi connectivity index (χ2v) is 2.84. The molecule has 2 rings (SSSR count). The minimum Gasteiger partial charge on any atom is -0.337 e. The van der Waals surface area contributed by atoms with Crippen LogP contribution in [-0.2, 0) is 11.3 Å². The van der Waals surface area contributed by atoms with Gasteiger partial charge < -0.3 is 4.89 Å². The molecule has 0 fully saturated rings. The Morgan fingerprint density at radius 2 is 2.36 bits per heavy atom. The molecular formula is C9H10O2. The van der Waals surface area contributed by atoms with Gasteiger partial charge >= 0.3 is 0 Å². The van der Waals surface area contributed by atoms with E-state index in [1.807, 2.05) is 25.1 Å². The van der Waals surface area contributed by atoms with Crippen LogP contribution in [0.1, 0.15) is 12.5 Å². The maximum atomic E-state index is 5.06. The van der Waals surface area contributed by atoms with Crippen molar-refractivity contribution in [2.24, 2.45) is 0 Å². The molecule has 2 heteroatoms. The molecule has 1 atom stereocenters. The quantitative estimate of drug-likeness (QED) is 0.526. The van der Waals surface area contributed by atoms with Gasteiger partial charge in [-0.05, 0) is 24.6 Å². The first kappa shape index (κ1) is 6.68.